The fourth-order valence-electron chi connectivity index (χ4n) is 2.25. The number of fused-ring (bicyclic) bond motifs is 1. The van der Waals surface area contributed by atoms with Crippen molar-refractivity contribution in [2.45, 2.75) is 6.36 Å². The minimum absolute atomic E-state index is 0.340. The van der Waals surface area contributed by atoms with E-state index in [1.165, 1.54) is 24.3 Å². The Morgan fingerprint density at radius 2 is 1.73 bits per heavy atom. The van der Waals surface area contributed by atoms with Gasteiger partial charge >= 0.3 is 12.1 Å². The Kier molecular flexibility index (Phi) is 4.53. The van der Waals surface area contributed by atoms with Gasteiger partial charge in [-0.15, -0.1) is 13.2 Å². The van der Waals surface area contributed by atoms with E-state index in [1.807, 2.05) is 0 Å². The second kappa shape index (κ2) is 6.79. The summed E-state index contributed by atoms with van der Waals surface area (Å²) in [6.45, 7) is 0. The van der Waals surface area contributed by atoms with Crippen LogP contribution in [-0.4, -0.2) is 22.2 Å². The predicted molar refractivity (Wildman–Crippen MR) is 89.7 cm³/mol. The number of hydrogen-bond donors (Lipinski definition) is 3. The van der Waals surface area contributed by atoms with Gasteiger partial charge in [-0.05, 0) is 42.0 Å². The quantitative estimate of drug-likeness (QED) is 0.621. The van der Waals surface area contributed by atoms with Gasteiger partial charge in [0.2, 0.25) is 5.91 Å². The van der Waals surface area contributed by atoms with Crippen LogP contribution in [-0.2, 0) is 4.79 Å². The van der Waals surface area contributed by atoms with Crippen LogP contribution in [0.3, 0.4) is 0 Å². The number of alkyl halides is 3. The van der Waals surface area contributed by atoms with Gasteiger partial charge in [0, 0.05) is 11.8 Å². The first-order valence-electron chi connectivity index (χ1n) is 7.35. The van der Waals surface area contributed by atoms with Gasteiger partial charge in [-0.2, -0.15) is 0 Å². The van der Waals surface area contributed by atoms with Crippen LogP contribution in [0.1, 0.15) is 5.56 Å². The molecule has 0 saturated heterocycles. The molecule has 3 aromatic rings. The van der Waals surface area contributed by atoms with E-state index >= 15 is 0 Å². The molecule has 1 heterocycles. The van der Waals surface area contributed by atoms with Gasteiger partial charge in [0.25, 0.3) is 0 Å². The third-order valence-corrected chi connectivity index (χ3v) is 3.32. The van der Waals surface area contributed by atoms with Gasteiger partial charge in [0.1, 0.15) is 5.75 Å². The standard InChI is InChI=1S/C17H12F3N3O3/c18-17(19,20)26-12-5-1-10(2-6-12)3-8-15(24)21-11-4-7-13-14(9-11)23-16(25)22-13/h1-9H,(H,21,24)(H2,22,23,25)/b8-3+. The van der Waals surface area contributed by atoms with Gasteiger partial charge in [-0.25, -0.2) is 4.79 Å². The van der Waals surface area contributed by atoms with Crippen LogP contribution in [0.25, 0.3) is 17.1 Å². The van der Waals surface area contributed by atoms with Crippen LogP contribution in [0.2, 0.25) is 0 Å². The van der Waals surface area contributed by atoms with Crippen molar-refractivity contribution >= 4 is 28.7 Å². The van der Waals surface area contributed by atoms with Crippen LogP contribution in [0, 0.1) is 0 Å². The van der Waals surface area contributed by atoms with E-state index in [-0.39, 0.29) is 11.4 Å². The first-order valence-corrected chi connectivity index (χ1v) is 7.35. The summed E-state index contributed by atoms with van der Waals surface area (Å²) in [6.07, 6.45) is -2.06. The monoisotopic (exact) mass is 363 g/mol. The molecule has 0 aliphatic rings. The van der Waals surface area contributed by atoms with Gasteiger partial charge in [-0.1, -0.05) is 12.1 Å². The fraction of sp³-hybridized carbons (Fsp3) is 0.0588. The number of anilines is 1. The molecule has 0 spiro atoms. The number of hydrogen-bond acceptors (Lipinski definition) is 3. The Hall–Kier alpha value is -3.49. The molecule has 0 unspecified atom stereocenters. The molecule has 3 N–H and O–H groups in total. The largest absolute Gasteiger partial charge is 0.573 e. The molecule has 0 saturated carbocycles. The number of halogens is 3. The van der Waals surface area contributed by atoms with Crippen molar-refractivity contribution in [1.29, 1.82) is 0 Å². The lowest BCUT2D eigenvalue weighted by Crippen LogP contribution is -2.16. The Morgan fingerprint density at radius 1 is 1.04 bits per heavy atom. The first-order chi connectivity index (χ1) is 12.3. The number of rotatable bonds is 4. The minimum Gasteiger partial charge on any atom is -0.406 e. The molecule has 3 rings (SSSR count). The maximum Gasteiger partial charge on any atom is 0.573 e. The number of imidazole rings is 1. The zero-order valence-corrected chi connectivity index (χ0v) is 13.1. The van der Waals surface area contributed by atoms with E-state index in [4.69, 9.17) is 0 Å². The highest BCUT2D eigenvalue weighted by atomic mass is 19.4. The van der Waals surface area contributed by atoms with Crippen molar-refractivity contribution in [3.8, 4) is 5.75 Å². The molecule has 9 heteroatoms. The Labute approximate surface area is 144 Å². The molecule has 26 heavy (non-hydrogen) atoms. The van der Waals surface area contributed by atoms with E-state index in [9.17, 15) is 22.8 Å². The molecular weight excluding hydrogens is 351 g/mol. The fourth-order valence-corrected chi connectivity index (χ4v) is 2.25. The molecule has 0 fully saturated rings. The maximum absolute atomic E-state index is 12.1. The number of amides is 1. The van der Waals surface area contributed by atoms with E-state index < -0.39 is 12.3 Å². The third-order valence-electron chi connectivity index (χ3n) is 3.32. The summed E-state index contributed by atoms with van der Waals surface area (Å²) in [7, 11) is 0. The van der Waals surface area contributed by atoms with E-state index in [1.54, 1.807) is 18.2 Å². The summed E-state index contributed by atoms with van der Waals surface area (Å²) in [5.74, 6) is -0.772. The highest BCUT2D eigenvalue weighted by Crippen LogP contribution is 2.23. The molecule has 0 bridgehead atoms. The van der Waals surface area contributed by atoms with Gasteiger partial charge in [-0.3, -0.25) is 4.79 Å². The summed E-state index contributed by atoms with van der Waals surface area (Å²) in [6, 6.07) is 9.96. The smallest absolute Gasteiger partial charge is 0.406 e. The summed E-state index contributed by atoms with van der Waals surface area (Å²) in [5.41, 5.74) is 1.83. The second-order valence-corrected chi connectivity index (χ2v) is 5.28. The van der Waals surface area contributed by atoms with E-state index in [0.29, 0.717) is 22.3 Å². The van der Waals surface area contributed by atoms with Crippen molar-refractivity contribution < 1.29 is 22.7 Å². The average molecular weight is 363 g/mol. The van der Waals surface area contributed by atoms with Crippen LogP contribution in [0.15, 0.2) is 53.3 Å². The Bertz CT molecular complexity index is 1020. The number of benzene rings is 2. The molecule has 6 nitrogen and oxygen atoms in total. The molecular formula is C17H12F3N3O3. The number of carbonyl (C=O) groups excluding carboxylic acids is 1. The van der Waals surface area contributed by atoms with Gasteiger partial charge in [0.05, 0.1) is 11.0 Å². The zero-order chi connectivity index (χ0) is 18.7. The molecule has 134 valence electrons. The van der Waals surface area contributed by atoms with E-state index in [2.05, 4.69) is 20.0 Å². The predicted octanol–water partition coefficient (Wildman–Crippen LogP) is 3.41. The van der Waals surface area contributed by atoms with E-state index in [0.717, 1.165) is 12.1 Å². The van der Waals surface area contributed by atoms with Crippen LogP contribution in [0.5, 0.6) is 5.75 Å². The molecule has 2 aromatic carbocycles. The Balaban J connectivity index is 1.63. The summed E-state index contributed by atoms with van der Waals surface area (Å²) < 4.78 is 40.0. The summed E-state index contributed by atoms with van der Waals surface area (Å²) in [4.78, 5) is 28.3. The van der Waals surface area contributed by atoms with Crippen molar-refractivity contribution in [3.63, 3.8) is 0 Å². The second-order valence-electron chi connectivity index (χ2n) is 5.28. The summed E-state index contributed by atoms with van der Waals surface area (Å²) >= 11 is 0. The van der Waals surface area contributed by atoms with Crippen molar-refractivity contribution in [3.05, 3.63) is 64.6 Å². The lowest BCUT2D eigenvalue weighted by atomic mass is 10.2. The number of H-pyrrole nitrogens is 2. The molecule has 0 atom stereocenters. The van der Waals surface area contributed by atoms with Crippen molar-refractivity contribution in [2.75, 3.05) is 5.32 Å². The van der Waals surface area contributed by atoms with Crippen LogP contribution in [0.4, 0.5) is 18.9 Å². The number of aromatic nitrogens is 2. The average Bonchev–Trinajstić information content (AvgIpc) is 2.92. The Morgan fingerprint density at radius 3 is 2.42 bits per heavy atom. The highest BCUT2D eigenvalue weighted by molar-refractivity contribution is 6.02. The van der Waals surface area contributed by atoms with Gasteiger partial charge in [0.15, 0.2) is 0 Å². The number of ether oxygens (including phenoxy) is 1. The SMILES string of the molecule is O=C(/C=C/c1ccc(OC(F)(F)F)cc1)Nc1ccc2[nH]c(=O)[nH]c2c1. The highest BCUT2D eigenvalue weighted by Gasteiger charge is 2.30. The molecule has 1 aromatic heterocycles. The number of carbonyl (C=O) groups is 1. The molecule has 0 radical (unpaired) electrons. The maximum atomic E-state index is 12.1. The third kappa shape index (κ3) is 4.53. The number of aromatic amines is 2. The zero-order valence-electron chi connectivity index (χ0n) is 13.1. The summed E-state index contributed by atoms with van der Waals surface area (Å²) in [5, 5.41) is 2.62. The molecule has 1 amide bonds. The minimum atomic E-state index is -4.75. The number of nitrogens with one attached hydrogen (secondary N) is 3. The lowest BCUT2D eigenvalue weighted by molar-refractivity contribution is -0.274. The topological polar surface area (TPSA) is 87.0 Å². The van der Waals surface area contributed by atoms with Crippen molar-refractivity contribution in [1.82, 2.24) is 9.97 Å². The molecule has 0 aliphatic heterocycles. The van der Waals surface area contributed by atoms with Crippen LogP contribution < -0.4 is 15.7 Å². The first kappa shape index (κ1) is 17.3. The molecule has 0 aliphatic carbocycles. The normalized spacial score (nSPS) is 11.8. The lowest BCUT2D eigenvalue weighted by Gasteiger charge is -2.08. The van der Waals surface area contributed by atoms with Crippen molar-refractivity contribution in [2.24, 2.45) is 0 Å². The van der Waals surface area contributed by atoms with Gasteiger partial charge < -0.3 is 20.0 Å². The van der Waals surface area contributed by atoms with Crippen LogP contribution >= 0.6 is 0 Å².